The summed E-state index contributed by atoms with van der Waals surface area (Å²) in [5.74, 6) is 0.389. The Morgan fingerprint density at radius 3 is 2.76 bits per heavy atom. The van der Waals surface area contributed by atoms with Gasteiger partial charge in [0.2, 0.25) is 0 Å². The summed E-state index contributed by atoms with van der Waals surface area (Å²) in [4.78, 5) is 29.9. The van der Waals surface area contributed by atoms with Crippen molar-refractivity contribution in [2.45, 2.75) is 31.5 Å². The number of phosphoric acid groups is 1. The fraction of sp³-hybridized carbons (Fsp3) is 0.533. The van der Waals surface area contributed by atoms with Crippen molar-refractivity contribution in [1.82, 2.24) is 19.5 Å². The molecule has 2 aromatic rings. The van der Waals surface area contributed by atoms with Crippen LogP contribution in [0.25, 0.3) is 11.2 Å². The van der Waals surface area contributed by atoms with Crippen molar-refractivity contribution in [2.75, 3.05) is 25.1 Å². The molecule has 2 aromatic heterocycles. The van der Waals surface area contributed by atoms with Crippen LogP contribution in [0.15, 0.2) is 24.3 Å². The van der Waals surface area contributed by atoms with Gasteiger partial charge in [-0.2, -0.15) is 0 Å². The lowest BCUT2D eigenvalue weighted by molar-refractivity contribution is -0.0511. The highest BCUT2D eigenvalue weighted by Gasteiger charge is 2.44. The molecular formula is C15H22N5O8P. The third kappa shape index (κ3) is 4.97. The first-order valence-corrected chi connectivity index (χ1v) is 10.1. The summed E-state index contributed by atoms with van der Waals surface area (Å²) in [6.07, 6.45) is -0.0533. The number of nitrogens with one attached hydrogen (secondary N) is 1. The van der Waals surface area contributed by atoms with Gasteiger partial charge in [-0.3, -0.25) is 9.09 Å². The van der Waals surface area contributed by atoms with Crippen molar-refractivity contribution in [3.8, 4) is 0 Å². The van der Waals surface area contributed by atoms with Crippen LogP contribution in [-0.4, -0.2) is 82.7 Å². The minimum Gasteiger partial charge on any atom is -0.394 e. The predicted octanol–water partition coefficient (Wildman–Crippen LogP) is -1.09. The van der Waals surface area contributed by atoms with Gasteiger partial charge in [-0.15, -0.1) is 0 Å². The van der Waals surface area contributed by atoms with E-state index in [-0.39, 0.29) is 13.2 Å². The number of fused-ring (bicyclic) bond motifs is 1. The van der Waals surface area contributed by atoms with E-state index in [0.717, 1.165) is 0 Å². The van der Waals surface area contributed by atoms with Gasteiger partial charge in [0.15, 0.2) is 23.2 Å². The molecule has 1 saturated heterocycles. The number of phosphoric ester groups is 1. The van der Waals surface area contributed by atoms with Crippen molar-refractivity contribution < 1.29 is 38.9 Å². The van der Waals surface area contributed by atoms with E-state index in [2.05, 4.69) is 24.8 Å². The average molecular weight is 431 g/mol. The minimum atomic E-state index is -4.53. The maximum Gasteiger partial charge on any atom is 0.469 e. The lowest BCUT2D eigenvalue weighted by atomic mass is 10.1. The van der Waals surface area contributed by atoms with E-state index in [1.165, 1.54) is 17.2 Å². The first kappa shape index (κ1) is 21.7. The summed E-state index contributed by atoms with van der Waals surface area (Å²) in [7, 11) is -4.53. The van der Waals surface area contributed by atoms with Crippen LogP contribution in [0.3, 0.4) is 0 Å². The fourth-order valence-electron chi connectivity index (χ4n) is 2.84. The summed E-state index contributed by atoms with van der Waals surface area (Å²) in [6, 6.07) is 0. The number of nitrogens with zero attached hydrogens (tertiary/aromatic N) is 4. The van der Waals surface area contributed by atoms with Crippen LogP contribution in [0, 0.1) is 0 Å². The monoisotopic (exact) mass is 431 g/mol. The maximum absolute atomic E-state index is 10.7. The zero-order valence-corrected chi connectivity index (χ0v) is 16.3. The Hall–Kier alpha value is -1.96. The molecule has 0 aromatic carbocycles. The number of hydrogen-bond donors (Lipinski definition) is 6. The molecule has 1 aliphatic heterocycles. The fourth-order valence-corrected chi connectivity index (χ4v) is 3.22. The molecule has 0 radical (unpaired) electrons. The second-order valence-electron chi connectivity index (χ2n) is 6.47. The summed E-state index contributed by atoms with van der Waals surface area (Å²) in [5, 5.41) is 32.4. The van der Waals surface area contributed by atoms with Gasteiger partial charge in [0.25, 0.3) is 0 Å². The van der Waals surface area contributed by atoms with Crippen LogP contribution in [0.1, 0.15) is 13.2 Å². The van der Waals surface area contributed by atoms with Gasteiger partial charge in [-0.05, 0) is 12.5 Å². The summed E-state index contributed by atoms with van der Waals surface area (Å²) < 4.78 is 22.1. The van der Waals surface area contributed by atoms with Gasteiger partial charge >= 0.3 is 7.82 Å². The number of aromatic nitrogens is 4. The van der Waals surface area contributed by atoms with Crippen LogP contribution in [0.2, 0.25) is 0 Å². The highest BCUT2D eigenvalue weighted by atomic mass is 31.2. The van der Waals surface area contributed by atoms with Gasteiger partial charge in [0.1, 0.15) is 24.6 Å². The van der Waals surface area contributed by atoms with E-state index in [1.807, 2.05) is 0 Å². The number of anilines is 1. The maximum atomic E-state index is 10.7. The molecule has 0 bridgehead atoms. The van der Waals surface area contributed by atoms with Gasteiger partial charge in [-0.25, -0.2) is 19.5 Å². The quantitative estimate of drug-likeness (QED) is 0.219. The van der Waals surface area contributed by atoms with E-state index in [1.54, 1.807) is 13.0 Å². The van der Waals surface area contributed by atoms with Gasteiger partial charge in [0, 0.05) is 6.54 Å². The largest absolute Gasteiger partial charge is 0.469 e. The molecule has 0 saturated carbocycles. The van der Waals surface area contributed by atoms with E-state index in [9.17, 15) is 19.9 Å². The number of aliphatic hydroxyl groups excluding tert-OH is 3. The Balaban J connectivity index is 1.73. The number of imidazole rings is 1. The van der Waals surface area contributed by atoms with Crippen LogP contribution in [0.4, 0.5) is 5.82 Å². The van der Waals surface area contributed by atoms with Gasteiger partial charge in [0.05, 0.1) is 19.5 Å². The van der Waals surface area contributed by atoms with E-state index >= 15 is 0 Å². The van der Waals surface area contributed by atoms with Crippen molar-refractivity contribution in [3.63, 3.8) is 0 Å². The lowest BCUT2D eigenvalue weighted by Crippen LogP contribution is -2.33. The molecule has 14 heteroatoms. The Morgan fingerprint density at radius 2 is 2.10 bits per heavy atom. The molecule has 1 aliphatic rings. The number of aliphatic hydroxyl groups is 3. The average Bonchev–Trinajstić information content (AvgIpc) is 3.22. The molecule has 1 fully saturated rings. The van der Waals surface area contributed by atoms with E-state index in [4.69, 9.17) is 14.5 Å². The first-order chi connectivity index (χ1) is 13.7. The Bertz CT molecular complexity index is 931. The number of rotatable bonds is 8. The zero-order valence-electron chi connectivity index (χ0n) is 15.4. The molecule has 160 valence electrons. The van der Waals surface area contributed by atoms with Crippen molar-refractivity contribution in [1.29, 1.82) is 0 Å². The normalized spacial score (nSPS) is 25.7. The zero-order chi connectivity index (χ0) is 21.2. The SMILES string of the molecule is C/C(=C\CNc1ncnc2c1ncn2[C@@H]1O[C@H](CO)[C@@H](O)[C@H]1O)COP(=O)(O)O. The molecule has 29 heavy (non-hydrogen) atoms. The molecule has 0 amide bonds. The summed E-state index contributed by atoms with van der Waals surface area (Å²) >= 11 is 0. The van der Waals surface area contributed by atoms with Crippen molar-refractivity contribution >= 4 is 24.8 Å². The highest BCUT2D eigenvalue weighted by molar-refractivity contribution is 7.46. The van der Waals surface area contributed by atoms with E-state index in [0.29, 0.717) is 22.6 Å². The minimum absolute atomic E-state index is 0.217. The predicted molar refractivity (Wildman–Crippen MR) is 98.6 cm³/mol. The molecule has 3 heterocycles. The second-order valence-corrected chi connectivity index (χ2v) is 7.71. The second kappa shape index (κ2) is 8.81. The molecule has 13 nitrogen and oxygen atoms in total. The number of ether oxygens (including phenoxy) is 1. The molecule has 6 N–H and O–H groups in total. The van der Waals surface area contributed by atoms with Crippen LogP contribution >= 0.6 is 7.82 Å². The molecule has 0 unspecified atom stereocenters. The highest BCUT2D eigenvalue weighted by Crippen LogP contribution is 2.36. The summed E-state index contributed by atoms with van der Waals surface area (Å²) in [5.41, 5.74) is 1.34. The Labute approximate surface area is 164 Å². The Morgan fingerprint density at radius 1 is 1.34 bits per heavy atom. The molecule has 4 atom stereocenters. The number of hydrogen-bond acceptors (Lipinski definition) is 10. The van der Waals surface area contributed by atoms with Crippen molar-refractivity contribution in [3.05, 3.63) is 24.3 Å². The lowest BCUT2D eigenvalue weighted by Gasteiger charge is -2.16. The van der Waals surface area contributed by atoms with Gasteiger partial charge < -0.3 is 35.2 Å². The van der Waals surface area contributed by atoms with E-state index < -0.39 is 39.0 Å². The molecular weight excluding hydrogens is 409 g/mol. The molecule has 0 spiro atoms. The first-order valence-electron chi connectivity index (χ1n) is 8.61. The molecule has 3 rings (SSSR count). The Kier molecular flexibility index (Phi) is 6.61. The third-order valence-electron chi connectivity index (χ3n) is 4.33. The topological polar surface area (TPSA) is 192 Å². The third-order valence-corrected chi connectivity index (χ3v) is 4.80. The van der Waals surface area contributed by atoms with Crippen LogP contribution < -0.4 is 5.32 Å². The van der Waals surface area contributed by atoms with Crippen molar-refractivity contribution in [2.24, 2.45) is 0 Å². The smallest absolute Gasteiger partial charge is 0.394 e. The van der Waals surface area contributed by atoms with Gasteiger partial charge in [-0.1, -0.05) is 6.08 Å². The standard InChI is InChI=1S/C15H22N5O8P/c1-8(5-27-29(24,25)26)2-3-16-13-10-14(18-6-17-13)20(7-19-10)15-12(23)11(22)9(4-21)28-15/h2,6-7,9,11-12,15,21-23H,3-5H2,1H3,(H,16,17,18)(H2,24,25,26)/b8-2+/t9-,11-,12-,15-/m1/s1. The van der Waals surface area contributed by atoms with Crippen LogP contribution in [0.5, 0.6) is 0 Å². The molecule has 0 aliphatic carbocycles. The summed E-state index contributed by atoms with van der Waals surface area (Å²) in [6.45, 7) is 1.28. The van der Waals surface area contributed by atoms with Crippen LogP contribution in [-0.2, 0) is 13.8 Å².